The zero-order chi connectivity index (χ0) is 20.2. The van der Waals surface area contributed by atoms with E-state index in [-0.39, 0.29) is 36.0 Å². The van der Waals surface area contributed by atoms with Gasteiger partial charge in [0.15, 0.2) is 5.78 Å². The number of benzene rings is 1. The summed E-state index contributed by atoms with van der Waals surface area (Å²) in [6, 6.07) is 6.46. The van der Waals surface area contributed by atoms with Gasteiger partial charge in [-0.1, -0.05) is 37.6 Å². The molecule has 1 aliphatic carbocycles. The number of halogens is 2. The molecule has 0 N–H and O–H groups in total. The van der Waals surface area contributed by atoms with Crippen LogP contribution in [0.4, 0.5) is 4.39 Å². The maximum atomic E-state index is 13.8. The van der Waals surface area contributed by atoms with Crippen molar-refractivity contribution in [3.05, 3.63) is 46.3 Å². The average molecular weight is 391 g/mol. The molecule has 6 heteroatoms. The van der Waals surface area contributed by atoms with Gasteiger partial charge in [-0.15, -0.1) is 0 Å². The Morgan fingerprint density at radius 1 is 1.44 bits per heavy atom. The van der Waals surface area contributed by atoms with E-state index in [2.05, 4.69) is 0 Å². The molecule has 144 valence electrons. The molecule has 1 aromatic rings. The molecule has 0 heterocycles. The fraction of sp³-hybridized carbons (Fsp3) is 0.476. The van der Waals surface area contributed by atoms with E-state index < -0.39 is 11.2 Å². The lowest BCUT2D eigenvalue weighted by Gasteiger charge is -2.32. The van der Waals surface area contributed by atoms with Crippen molar-refractivity contribution in [2.75, 3.05) is 13.6 Å². The van der Waals surface area contributed by atoms with Crippen molar-refractivity contribution in [3.63, 3.8) is 0 Å². The van der Waals surface area contributed by atoms with Crippen molar-refractivity contribution >= 4 is 23.3 Å². The van der Waals surface area contributed by atoms with E-state index in [4.69, 9.17) is 16.9 Å². The largest absolute Gasteiger partial charge is 0.346 e. The zero-order valence-electron chi connectivity index (χ0n) is 15.9. The molecular weight excluding hydrogens is 367 g/mol. The van der Waals surface area contributed by atoms with Gasteiger partial charge in [-0.3, -0.25) is 9.59 Å². The number of ketones is 1. The summed E-state index contributed by atoms with van der Waals surface area (Å²) in [5.74, 6) is -0.540. The Kier molecular flexibility index (Phi) is 6.78. The van der Waals surface area contributed by atoms with E-state index >= 15 is 0 Å². The SMILES string of the molecule is CN(CCC1C=C(C#N)C(=O)C(C)(C)C1)C(=O)CCc1c(F)cccc1Cl. The molecule has 0 spiro atoms. The van der Waals surface area contributed by atoms with Crippen molar-refractivity contribution in [1.29, 1.82) is 5.26 Å². The normalized spacial score (nSPS) is 18.6. The first-order valence-corrected chi connectivity index (χ1v) is 9.37. The number of carbonyl (C=O) groups excluding carboxylic acids is 2. The molecule has 0 fully saturated rings. The molecule has 4 nitrogen and oxygen atoms in total. The lowest BCUT2D eigenvalue weighted by molar-refractivity contribution is -0.130. The third-order valence-electron chi connectivity index (χ3n) is 5.07. The van der Waals surface area contributed by atoms with E-state index in [9.17, 15) is 14.0 Å². The summed E-state index contributed by atoms with van der Waals surface area (Å²) < 4.78 is 13.8. The van der Waals surface area contributed by atoms with Gasteiger partial charge in [0, 0.05) is 36.0 Å². The summed E-state index contributed by atoms with van der Waals surface area (Å²) in [6.45, 7) is 4.20. The Labute approximate surface area is 164 Å². The van der Waals surface area contributed by atoms with Gasteiger partial charge in [0.2, 0.25) is 5.91 Å². The standard InChI is InChI=1S/C21H24ClFN2O2/c1-21(2)12-14(11-15(13-24)20(21)27)9-10-25(3)19(26)8-7-16-17(22)5-4-6-18(16)23/h4-6,11,14H,7-10,12H2,1-3H3. The third kappa shape index (κ3) is 5.17. The van der Waals surface area contributed by atoms with E-state index in [0.29, 0.717) is 30.0 Å². The highest BCUT2D eigenvalue weighted by molar-refractivity contribution is 6.31. The lowest BCUT2D eigenvalue weighted by Crippen LogP contribution is -2.34. The van der Waals surface area contributed by atoms with Gasteiger partial charge < -0.3 is 4.90 Å². The first-order valence-electron chi connectivity index (χ1n) is 8.99. The number of nitrogens with zero attached hydrogens (tertiary/aromatic N) is 2. The first-order chi connectivity index (χ1) is 12.7. The molecule has 1 aliphatic rings. The monoisotopic (exact) mass is 390 g/mol. The van der Waals surface area contributed by atoms with E-state index in [0.717, 1.165) is 0 Å². The highest BCUT2D eigenvalue weighted by Crippen LogP contribution is 2.36. The number of nitriles is 1. The Morgan fingerprint density at radius 2 is 2.15 bits per heavy atom. The van der Waals surface area contributed by atoms with Gasteiger partial charge in [0.05, 0.1) is 5.57 Å². The summed E-state index contributed by atoms with van der Waals surface area (Å²) in [4.78, 5) is 26.1. The predicted molar refractivity (Wildman–Crippen MR) is 103 cm³/mol. The van der Waals surface area contributed by atoms with Gasteiger partial charge in [-0.25, -0.2) is 4.39 Å². The molecule has 0 bridgehead atoms. The van der Waals surface area contributed by atoms with E-state index in [1.54, 1.807) is 24.1 Å². The van der Waals surface area contributed by atoms with Gasteiger partial charge in [-0.2, -0.15) is 5.26 Å². The molecule has 27 heavy (non-hydrogen) atoms. The molecule has 0 saturated heterocycles. The highest BCUT2D eigenvalue weighted by Gasteiger charge is 2.36. The Balaban J connectivity index is 1.91. The van der Waals surface area contributed by atoms with Gasteiger partial charge in [0.1, 0.15) is 11.9 Å². The Bertz CT molecular complexity index is 791. The van der Waals surface area contributed by atoms with Crippen LogP contribution in [0.1, 0.15) is 38.7 Å². The van der Waals surface area contributed by atoms with Crippen molar-refractivity contribution in [2.24, 2.45) is 11.3 Å². The van der Waals surface area contributed by atoms with E-state index in [1.165, 1.54) is 12.1 Å². The smallest absolute Gasteiger partial charge is 0.222 e. The van der Waals surface area contributed by atoms with Gasteiger partial charge in [0.25, 0.3) is 0 Å². The number of hydrogen-bond donors (Lipinski definition) is 0. The molecule has 0 aromatic heterocycles. The Morgan fingerprint density at radius 3 is 2.78 bits per heavy atom. The zero-order valence-corrected chi connectivity index (χ0v) is 16.6. The van der Waals surface area contributed by atoms with Crippen LogP contribution in [-0.4, -0.2) is 30.2 Å². The second kappa shape index (κ2) is 8.67. The predicted octanol–water partition coefficient (Wildman–Crippen LogP) is 4.33. The van der Waals surface area contributed by atoms with Crippen molar-refractivity contribution in [2.45, 2.75) is 39.5 Å². The summed E-state index contributed by atoms with van der Waals surface area (Å²) >= 11 is 6.00. The molecule has 2 rings (SSSR count). The molecule has 0 aliphatic heterocycles. The fourth-order valence-electron chi connectivity index (χ4n) is 3.43. The second-order valence-corrected chi connectivity index (χ2v) is 8.08. The first kappa shape index (κ1) is 21.1. The van der Waals surface area contributed by atoms with Crippen LogP contribution in [0.5, 0.6) is 0 Å². The molecule has 1 aromatic carbocycles. The summed E-state index contributed by atoms with van der Waals surface area (Å²) in [6.07, 6.45) is 3.47. The minimum atomic E-state index is -0.561. The second-order valence-electron chi connectivity index (χ2n) is 7.67. The summed E-state index contributed by atoms with van der Waals surface area (Å²) in [5.41, 5.74) is 0.00346. The number of Topliss-reactive ketones (excluding diaryl/α,β-unsaturated/α-hetero) is 1. The minimum absolute atomic E-state index is 0.0728. The summed E-state index contributed by atoms with van der Waals surface area (Å²) in [7, 11) is 1.71. The number of rotatable bonds is 6. The number of carbonyl (C=O) groups is 2. The van der Waals surface area contributed by atoms with Crippen LogP contribution in [0, 0.1) is 28.5 Å². The van der Waals surface area contributed by atoms with Crippen molar-refractivity contribution < 1.29 is 14.0 Å². The number of allylic oxidation sites excluding steroid dienone is 2. The van der Waals surface area contributed by atoms with Gasteiger partial charge >= 0.3 is 0 Å². The third-order valence-corrected chi connectivity index (χ3v) is 5.42. The lowest BCUT2D eigenvalue weighted by atomic mass is 9.71. The van der Waals surface area contributed by atoms with Crippen molar-refractivity contribution in [3.8, 4) is 6.07 Å². The van der Waals surface area contributed by atoms with Crippen LogP contribution in [0.15, 0.2) is 29.8 Å². The average Bonchev–Trinajstić information content (AvgIpc) is 2.61. The molecule has 0 radical (unpaired) electrons. The maximum absolute atomic E-state index is 13.8. The number of hydrogen-bond acceptors (Lipinski definition) is 3. The summed E-state index contributed by atoms with van der Waals surface area (Å²) in [5, 5.41) is 9.48. The molecular formula is C21H24ClFN2O2. The maximum Gasteiger partial charge on any atom is 0.222 e. The number of amides is 1. The van der Waals surface area contributed by atoms with Crippen molar-refractivity contribution in [1.82, 2.24) is 4.90 Å². The molecule has 1 amide bonds. The van der Waals surface area contributed by atoms with Crippen LogP contribution in [0.25, 0.3) is 0 Å². The van der Waals surface area contributed by atoms with E-state index in [1.807, 2.05) is 19.9 Å². The minimum Gasteiger partial charge on any atom is -0.346 e. The quantitative estimate of drug-likeness (QED) is 0.726. The fourth-order valence-corrected chi connectivity index (χ4v) is 3.69. The highest BCUT2D eigenvalue weighted by atomic mass is 35.5. The van der Waals surface area contributed by atoms with Gasteiger partial charge in [-0.05, 0) is 37.3 Å². The Hall–Kier alpha value is -2.19. The van der Waals surface area contributed by atoms with Crippen LogP contribution in [0.3, 0.4) is 0 Å². The topological polar surface area (TPSA) is 61.2 Å². The molecule has 0 saturated carbocycles. The molecule has 1 atom stereocenters. The van der Waals surface area contributed by atoms with Crippen LogP contribution in [-0.2, 0) is 16.0 Å². The van der Waals surface area contributed by atoms with Crippen LogP contribution < -0.4 is 0 Å². The van der Waals surface area contributed by atoms with Crippen LogP contribution in [0.2, 0.25) is 5.02 Å². The molecule has 1 unspecified atom stereocenters. The van der Waals surface area contributed by atoms with Crippen LogP contribution >= 0.6 is 11.6 Å².